The van der Waals surface area contributed by atoms with Crippen LogP contribution in [0.4, 0.5) is 0 Å². The SMILES string of the molecule is CN(C)CCC([NH-])(P(=O)([O-])[OH2+])P([O-])([O-])=[OH+].[NH2-].[NH2-].[Pt+2]. The van der Waals surface area contributed by atoms with Gasteiger partial charge in [0.15, 0.2) is 0 Å². The minimum absolute atomic E-state index is 0. The number of nitrogens with zero attached hydrogens (tertiary/aromatic N) is 1. The van der Waals surface area contributed by atoms with Crippen molar-refractivity contribution < 1.29 is 49.8 Å². The molecule has 2 atom stereocenters. The summed E-state index contributed by atoms with van der Waals surface area (Å²) in [6.45, 7) is -0.0403. The molecule has 0 aromatic rings. The van der Waals surface area contributed by atoms with E-state index in [-0.39, 0.29) is 39.9 Å². The van der Waals surface area contributed by atoms with E-state index < -0.39 is 26.6 Å². The van der Waals surface area contributed by atoms with Gasteiger partial charge in [0, 0.05) is 0 Å². The fraction of sp³-hybridized carbons (Fsp3) is 1.00. The predicted molar refractivity (Wildman–Crippen MR) is 60.9 cm³/mol. The maximum atomic E-state index is 10.9. The Kier molecular flexibility index (Phi) is 13.4. The van der Waals surface area contributed by atoms with Gasteiger partial charge >= 0.3 is 21.1 Å². The van der Waals surface area contributed by atoms with Crippen molar-refractivity contribution in [3.05, 3.63) is 18.0 Å². The van der Waals surface area contributed by atoms with Gasteiger partial charge in [-0.3, -0.25) is 4.57 Å². The fourth-order valence-electron chi connectivity index (χ4n) is 0.834. The number of hydrogen-bond donors (Lipinski definition) is 0. The molecular weight excluding hydrogens is 469 g/mol. The van der Waals surface area contributed by atoms with Crippen molar-refractivity contribution in [2.24, 2.45) is 0 Å². The summed E-state index contributed by atoms with van der Waals surface area (Å²) in [7, 11) is -7.59. The van der Waals surface area contributed by atoms with Crippen molar-refractivity contribution in [2.45, 2.75) is 11.4 Å². The number of nitrogens with one attached hydrogen (secondary N) is 1. The first kappa shape index (κ1) is 27.2. The Labute approximate surface area is 120 Å². The topological polar surface area (TPSA) is 225 Å². The fourth-order valence-corrected chi connectivity index (χ4v) is 2.94. The van der Waals surface area contributed by atoms with Crippen LogP contribution in [-0.2, 0) is 25.6 Å². The Morgan fingerprint density at radius 3 is 1.83 bits per heavy atom. The molecule has 0 heterocycles. The van der Waals surface area contributed by atoms with Gasteiger partial charge in [0.2, 0.25) is 0 Å². The second-order valence-electron chi connectivity index (χ2n) is 3.44. The summed E-state index contributed by atoms with van der Waals surface area (Å²) in [5.74, 6) is 0. The Bertz CT molecular complexity index is 295. The van der Waals surface area contributed by atoms with Crippen molar-refractivity contribution in [2.75, 3.05) is 20.6 Å². The second kappa shape index (κ2) is 8.89. The second-order valence-corrected chi connectivity index (χ2v) is 7.47. The average Bonchev–Trinajstić information content (AvgIpc) is 1.95. The first-order valence-electron chi connectivity index (χ1n) is 3.92. The van der Waals surface area contributed by atoms with Gasteiger partial charge in [-0.2, -0.15) is 0 Å². The molecule has 116 valence electrons. The van der Waals surface area contributed by atoms with E-state index in [0.29, 0.717) is 0 Å². The summed E-state index contributed by atoms with van der Waals surface area (Å²) in [6, 6.07) is 0. The quantitative estimate of drug-likeness (QED) is 0.358. The van der Waals surface area contributed by atoms with Gasteiger partial charge in [0.05, 0.1) is 5.02 Å². The maximum absolute atomic E-state index is 10.9. The molecule has 0 saturated carbocycles. The largest absolute Gasteiger partial charge is 2.00 e. The zero-order valence-corrected chi connectivity index (χ0v) is 13.9. The van der Waals surface area contributed by atoms with Gasteiger partial charge in [0.25, 0.3) is 7.60 Å². The van der Waals surface area contributed by atoms with Gasteiger partial charge in [-0.1, -0.05) is 0 Å². The predicted octanol–water partition coefficient (Wildman–Crippen LogP) is -0.790. The van der Waals surface area contributed by atoms with Crippen LogP contribution < -0.4 is 14.7 Å². The van der Waals surface area contributed by atoms with Gasteiger partial charge in [-0.15, -0.1) is 0 Å². The minimum Gasteiger partial charge on any atom is -0.769 e. The Morgan fingerprint density at radius 1 is 1.33 bits per heavy atom. The van der Waals surface area contributed by atoms with Crippen molar-refractivity contribution in [1.29, 1.82) is 0 Å². The first-order valence-corrected chi connectivity index (χ1v) is 7.12. The molecule has 0 fully saturated rings. The summed E-state index contributed by atoms with van der Waals surface area (Å²) < 4.78 is 19.6. The van der Waals surface area contributed by atoms with Gasteiger partial charge in [-0.05, 0) is 27.1 Å². The third-order valence-electron chi connectivity index (χ3n) is 1.86. The minimum atomic E-state index is -5.44. The molecule has 2 unspecified atom stereocenters. The molecule has 10 nitrogen and oxygen atoms in total. The normalized spacial score (nSPS) is 17.6. The maximum Gasteiger partial charge on any atom is 2.00 e. The molecule has 0 radical (unpaired) electrons. The molecule has 0 aliphatic carbocycles. The monoisotopic (exact) mass is 487 g/mol. The molecule has 0 aromatic carbocycles. The Morgan fingerprint density at radius 2 is 1.67 bits per heavy atom. The zero-order chi connectivity index (χ0) is 12.5. The summed E-state index contributed by atoms with van der Waals surface area (Å²) >= 11 is 0. The van der Waals surface area contributed by atoms with E-state index in [1.165, 1.54) is 4.90 Å². The van der Waals surface area contributed by atoms with Crippen LogP contribution in [0.3, 0.4) is 0 Å². The van der Waals surface area contributed by atoms with E-state index >= 15 is 0 Å². The molecule has 0 aromatic heterocycles. The third-order valence-corrected chi connectivity index (χ3v) is 5.77. The van der Waals surface area contributed by atoms with Crippen molar-refractivity contribution in [3.8, 4) is 0 Å². The molecule has 0 aliphatic heterocycles. The third kappa shape index (κ3) is 6.84. The van der Waals surface area contributed by atoms with Gasteiger partial charge in [-0.25, -0.2) is 0 Å². The Balaban J connectivity index is -0.000000327. The van der Waals surface area contributed by atoms with Crippen LogP contribution in [0.25, 0.3) is 18.0 Å². The molecule has 0 rings (SSSR count). The van der Waals surface area contributed by atoms with Crippen LogP contribution in [0.15, 0.2) is 0 Å². The van der Waals surface area contributed by atoms with E-state index in [0.717, 1.165) is 0 Å². The standard InChI is InChI=1S/C5H15N2O6P2.2H2N.Pt/c1-7(2)4-3-5(6,14(8,9)10)15(11,12)13;;;/h6H,3-4H2,1-2H3,(H2,8,9,10)(H2,11,12,13);2*1H2;/q3*-1;+2/p-1. The zero-order valence-electron chi connectivity index (χ0n) is 9.81. The molecule has 18 heavy (non-hydrogen) atoms. The van der Waals surface area contributed by atoms with Crippen LogP contribution in [0.5, 0.6) is 0 Å². The summed E-state index contributed by atoms with van der Waals surface area (Å²) in [4.78, 5) is 40.6. The summed E-state index contributed by atoms with van der Waals surface area (Å²) in [5.41, 5.74) is 7.20. The van der Waals surface area contributed by atoms with Crippen LogP contribution in [-0.4, -0.2) is 40.0 Å². The summed E-state index contributed by atoms with van der Waals surface area (Å²) in [6.07, 6.45) is -0.665. The molecule has 0 spiro atoms. The molecule has 0 saturated heterocycles. The van der Waals surface area contributed by atoms with E-state index in [9.17, 15) is 19.2 Å². The molecule has 0 amide bonds. The van der Waals surface area contributed by atoms with E-state index in [1.54, 1.807) is 14.1 Å². The van der Waals surface area contributed by atoms with Crippen LogP contribution in [0.2, 0.25) is 0 Å². The van der Waals surface area contributed by atoms with Crippen LogP contribution in [0, 0.1) is 0 Å². The summed E-state index contributed by atoms with van der Waals surface area (Å²) in [5, 5.41) is -3.16. The van der Waals surface area contributed by atoms with Crippen LogP contribution in [0.1, 0.15) is 6.42 Å². The van der Waals surface area contributed by atoms with Gasteiger partial charge in [0.1, 0.15) is 7.60 Å². The smallest absolute Gasteiger partial charge is 0.769 e. The molecule has 0 aliphatic rings. The average molecular weight is 487 g/mol. The molecule has 13 heteroatoms. The van der Waals surface area contributed by atoms with E-state index in [1.807, 2.05) is 0 Å². The first-order chi connectivity index (χ1) is 6.42. The van der Waals surface area contributed by atoms with Crippen molar-refractivity contribution in [3.63, 3.8) is 0 Å². The van der Waals surface area contributed by atoms with Gasteiger partial charge < -0.3 is 47.1 Å². The van der Waals surface area contributed by atoms with Crippen LogP contribution >= 0.6 is 15.2 Å². The molecule has 0 bridgehead atoms. The van der Waals surface area contributed by atoms with E-state index in [4.69, 9.17) is 15.2 Å². The number of hydrogen-bond acceptors (Lipinski definition) is 5. The Hall–Kier alpha value is 0.828. The molecule has 8 N–H and O–H groups in total. The number of rotatable bonds is 5. The van der Waals surface area contributed by atoms with Crippen molar-refractivity contribution >= 4 is 15.2 Å². The van der Waals surface area contributed by atoms with E-state index in [2.05, 4.69) is 0 Å². The molecular formula is C5H18N4O6P2Pt-2. The van der Waals surface area contributed by atoms with Crippen molar-refractivity contribution in [1.82, 2.24) is 4.90 Å². The number of nitrogens with two attached hydrogens (primary N) is 2.